The smallest absolute Gasteiger partial charge is 0.163 e. The zero-order chi connectivity index (χ0) is 38.1. The van der Waals surface area contributed by atoms with Crippen molar-refractivity contribution >= 4 is 72.2 Å². The minimum atomic E-state index is -0.374. The minimum Gasteiger partial charge on any atom is -0.493 e. The van der Waals surface area contributed by atoms with E-state index in [4.69, 9.17) is 21.1 Å². The molecule has 10 nitrogen and oxygen atoms in total. The molecule has 55 heavy (non-hydrogen) atoms. The van der Waals surface area contributed by atoms with Gasteiger partial charge >= 0.3 is 0 Å². The van der Waals surface area contributed by atoms with Gasteiger partial charge in [-0.25, -0.2) is 14.4 Å². The van der Waals surface area contributed by atoms with E-state index >= 15 is 0 Å². The summed E-state index contributed by atoms with van der Waals surface area (Å²) in [4.78, 5) is 15.1. The Morgan fingerprint density at radius 3 is 2.35 bits per heavy atom. The van der Waals surface area contributed by atoms with Crippen molar-refractivity contribution in [2.45, 2.75) is 19.3 Å². The number of ether oxygens (including phenoxy) is 2. The molecule has 0 aliphatic carbocycles. The van der Waals surface area contributed by atoms with E-state index in [1.54, 1.807) is 31.6 Å². The normalized spacial score (nSPS) is 13.3. The Morgan fingerprint density at radius 2 is 1.60 bits per heavy atom. The molecule has 2 N–H and O–H groups in total. The summed E-state index contributed by atoms with van der Waals surface area (Å²) < 4.78 is 26.6. The third kappa shape index (κ3) is 9.63. The lowest BCUT2D eigenvalue weighted by Gasteiger charge is -2.28. The van der Waals surface area contributed by atoms with Gasteiger partial charge in [0.15, 0.2) is 17.3 Å². The third-order valence-electron chi connectivity index (χ3n) is 9.41. The number of nitrogens with zero attached hydrogens (tertiary/aromatic N) is 6. The molecule has 4 aromatic carbocycles. The van der Waals surface area contributed by atoms with Crippen LogP contribution in [-0.2, 0) is 6.42 Å². The quantitative estimate of drug-likeness (QED) is 0.138. The molecule has 0 bridgehead atoms. The van der Waals surface area contributed by atoms with Crippen molar-refractivity contribution < 1.29 is 13.9 Å². The van der Waals surface area contributed by atoms with E-state index in [-0.39, 0.29) is 5.82 Å². The number of benzene rings is 4. The van der Waals surface area contributed by atoms with Gasteiger partial charge in [-0.3, -0.25) is 4.98 Å². The number of nitrogens with one attached hydrogen (secondary N) is 2. The Bertz CT molecular complexity index is 2380. The van der Waals surface area contributed by atoms with Crippen LogP contribution in [0, 0.1) is 11.7 Å². The van der Waals surface area contributed by atoms with Gasteiger partial charge in [-0.1, -0.05) is 51.8 Å². The topological polar surface area (TPSA) is 110 Å². The first kappa shape index (κ1) is 37.9. The number of anilines is 4. The van der Waals surface area contributed by atoms with Crippen molar-refractivity contribution in [1.29, 1.82) is 0 Å². The molecule has 0 spiro atoms. The number of hydrogen-bond acceptors (Lipinski definition) is 10. The van der Waals surface area contributed by atoms with Gasteiger partial charge in [0.1, 0.15) is 18.0 Å². The van der Waals surface area contributed by atoms with Crippen molar-refractivity contribution in [3.8, 4) is 11.5 Å². The van der Waals surface area contributed by atoms with Crippen LogP contribution >= 0.6 is 27.5 Å². The summed E-state index contributed by atoms with van der Waals surface area (Å²) in [6.45, 7) is 2.84. The molecule has 1 aliphatic heterocycles. The molecule has 1 aliphatic rings. The number of halogens is 3. The maximum absolute atomic E-state index is 14.3. The number of hydrogen-bond donors (Lipinski definition) is 2. The van der Waals surface area contributed by atoms with Crippen molar-refractivity contribution in [2.24, 2.45) is 5.92 Å². The lowest BCUT2D eigenvalue weighted by molar-refractivity contribution is 0.157. The molecule has 0 unspecified atom stereocenters. The predicted octanol–water partition coefficient (Wildman–Crippen LogP) is 10.0. The van der Waals surface area contributed by atoms with Crippen LogP contribution in [0.4, 0.5) is 27.4 Å². The summed E-state index contributed by atoms with van der Waals surface area (Å²) in [5, 5.41) is 18.8. The number of rotatable bonds is 10. The molecule has 1 fully saturated rings. The number of methoxy groups -OCH3 is 1. The van der Waals surface area contributed by atoms with Gasteiger partial charge in [-0.2, -0.15) is 5.10 Å². The van der Waals surface area contributed by atoms with Gasteiger partial charge in [0.25, 0.3) is 0 Å². The lowest BCUT2D eigenvalue weighted by Crippen LogP contribution is -2.32. The van der Waals surface area contributed by atoms with E-state index < -0.39 is 0 Å². The van der Waals surface area contributed by atoms with E-state index in [1.165, 1.54) is 12.4 Å². The summed E-state index contributed by atoms with van der Waals surface area (Å²) in [6, 6.07) is 28.2. The minimum absolute atomic E-state index is 0.333. The van der Waals surface area contributed by atoms with Crippen molar-refractivity contribution in [3.63, 3.8) is 0 Å². The molecular weight excluding hydrogens is 783 g/mol. The van der Waals surface area contributed by atoms with Gasteiger partial charge in [-0.15, -0.1) is 5.10 Å². The molecule has 7 aromatic rings. The second kappa shape index (κ2) is 17.8. The van der Waals surface area contributed by atoms with Crippen LogP contribution in [0.2, 0.25) is 5.02 Å². The maximum Gasteiger partial charge on any atom is 0.163 e. The van der Waals surface area contributed by atoms with Crippen LogP contribution < -0.4 is 20.1 Å². The Kier molecular flexibility index (Phi) is 12.3. The van der Waals surface area contributed by atoms with Crippen LogP contribution in [0.3, 0.4) is 0 Å². The molecule has 1 saturated heterocycles. The van der Waals surface area contributed by atoms with Crippen LogP contribution in [0.15, 0.2) is 114 Å². The van der Waals surface area contributed by atoms with Gasteiger partial charge in [0.05, 0.1) is 30.6 Å². The van der Waals surface area contributed by atoms with Gasteiger partial charge < -0.3 is 25.0 Å². The summed E-state index contributed by atoms with van der Waals surface area (Å²) in [5.41, 5.74) is 4.06. The molecule has 0 amide bonds. The van der Waals surface area contributed by atoms with E-state index in [2.05, 4.69) is 75.8 Å². The SMILES string of the molecule is COc1cc2c(Nc3ccc(Br)cc3F)ncnc2cc1OCC1CCN(C)CC1.Clc1ccc(Nc2nnc(Cc3ccncc3)c3ccccc23)cc1. The molecule has 13 heteroatoms. The fraction of sp³-hybridized carbons (Fsp3) is 0.214. The fourth-order valence-electron chi connectivity index (χ4n) is 6.34. The molecule has 3 aromatic heterocycles. The summed E-state index contributed by atoms with van der Waals surface area (Å²) in [6.07, 6.45) is 8.01. The van der Waals surface area contributed by atoms with Gasteiger partial charge in [0, 0.05) is 56.2 Å². The first-order chi connectivity index (χ1) is 26.8. The van der Waals surface area contributed by atoms with E-state index in [9.17, 15) is 4.39 Å². The zero-order valence-electron chi connectivity index (χ0n) is 30.3. The average Bonchev–Trinajstić information content (AvgIpc) is 3.21. The number of piperidine rings is 1. The monoisotopic (exact) mass is 820 g/mol. The Hall–Kier alpha value is -5.43. The number of pyridine rings is 1. The van der Waals surface area contributed by atoms with Crippen LogP contribution in [0.1, 0.15) is 24.1 Å². The van der Waals surface area contributed by atoms with Crippen LogP contribution in [-0.4, -0.2) is 63.9 Å². The molecule has 4 heterocycles. The number of aromatic nitrogens is 5. The van der Waals surface area contributed by atoms with E-state index in [1.807, 2.05) is 60.7 Å². The van der Waals surface area contributed by atoms with Crippen molar-refractivity contribution in [2.75, 3.05) is 44.5 Å². The predicted molar refractivity (Wildman–Crippen MR) is 221 cm³/mol. The van der Waals surface area contributed by atoms with Gasteiger partial charge in [0.2, 0.25) is 0 Å². The van der Waals surface area contributed by atoms with Crippen molar-refractivity contribution in [1.82, 2.24) is 30.0 Å². The van der Waals surface area contributed by atoms with Crippen LogP contribution in [0.25, 0.3) is 21.7 Å². The van der Waals surface area contributed by atoms with Crippen molar-refractivity contribution in [3.05, 3.63) is 136 Å². The summed E-state index contributed by atoms with van der Waals surface area (Å²) >= 11 is 9.22. The average molecular weight is 822 g/mol. The highest BCUT2D eigenvalue weighted by atomic mass is 79.9. The second-order valence-corrected chi connectivity index (χ2v) is 14.6. The van der Waals surface area contributed by atoms with E-state index in [0.29, 0.717) is 50.5 Å². The lowest BCUT2D eigenvalue weighted by atomic mass is 9.98. The summed E-state index contributed by atoms with van der Waals surface area (Å²) in [5.74, 6) is 2.65. The molecule has 0 atom stereocenters. The number of likely N-dealkylation sites (tertiary alicyclic amines) is 1. The maximum atomic E-state index is 14.3. The molecule has 0 saturated carbocycles. The number of fused-ring (bicyclic) bond motifs is 2. The van der Waals surface area contributed by atoms with Crippen LogP contribution in [0.5, 0.6) is 11.5 Å². The molecule has 8 rings (SSSR count). The second-order valence-electron chi connectivity index (χ2n) is 13.3. The summed E-state index contributed by atoms with van der Waals surface area (Å²) in [7, 11) is 3.75. The fourth-order valence-corrected chi connectivity index (χ4v) is 6.80. The van der Waals surface area contributed by atoms with Gasteiger partial charge in [-0.05, 0) is 105 Å². The highest BCUT2D eigenvalue weighted by Crippen LogP contribution is 2.36. The Balaban J connectivity index is 0.000000172. The molecule has 280 valence electrons. The highest BCUT2D eigenvalue weighted by Gasteiger charge is 2.19. The largest absolute Gasteiger partial charge is 0.493 e. The third-order valence-corrected chi connectivity index (χ3v) is 10.2. The van der Waals surface area contributed by atoms with E-state index in [0.717, 1.165) is 71.3 Å². The standard InChI is InChI=1S/C22H24BrFN4O2.C20H15ClN4/c1-28-7-5-14(6-8-28)12-30-21-11-19-16(10-20(21)29-2)22(26-13-25-19)27-18-4-3-15(23)9-17(18)24;21-15-5-7-16(8-6-15)23-20-18-4-2-1-3-17(18)19(24-25-20)13-14-9-11-22-12-10-14/h3-4,9-11,13-14H,5-8,12H2,1-2H3,(H,25,26,27);1-12H,13H2,(H,23,25). The Labute approximate surface area is 332 Å². The molecule has 0 radical (unpaired) electrons. The highest BCUT2D eigenvalue weighted by molar-refractivity contribution is 9.10. The zero-order valence-corrected chi connectivity index (χ0v) is 32.7. The first-order valence-corrected chi connectivity index (χ1v) is 19.0. The Morgan fingerprint density at radius 1 is 0.836 bits per heavy atom. The first-order valence-electron chi connectivity index (χ1n) is 17.8. The molecular formula is C42H39BrClFN8O2.